The van der Waals surface area contributed by atoms with Gasteiger partial charge >= 0.3 is 0 Å². The monoisotopic (exact) mass is 570 g/mol. The second-order valence-electron chi connectivity index (χ2n) is 10.3. The lowest BCUT2D eigenvalue weighted by Crippen LogP contribution is -2.47. The molecule has 0 unspecified atom stereocenters. The van der Waals surface area contributed by atoms with E-state index >= 15 is 0 Å². The fourth-order valence-electron chi connectivity index (χ4n) is 4.88. The molecule has 0 aromatic heterocycles. The second-order valence-corrected chi connectivity index (χ2v) is 10.3. The van der Waals surface area contributed by atoms with Gasteiger partial charge in [0, 0.05) is 6.42 Å². The van der Waals surface area contributed by atoms with E-state index < -0.39 is 17.9 Å². The third kappa shape index (κ3) is 8.11. The van der Waals surface area contributed by atoms with Crippen LogP contribution in [0.1, 0.15) is 33.7 Å². The minimum Gasteiger partial charge on any atom is -0.485 e. The number of primary amides is 1. The average Bonchev–Trinajstić information content (AvgIpc) is 3.05. The summed E-state index contributed by atoms with van der Waals surface area (Å²) in [6.07, 6.45) is 0.192. The number of amides is 2. The van der Waals surface area contributed by atoms with Crippen LogP contribution < -0.4 is 20.5 Å². The van der Waals surface area contributed by atoms with Crippen molar-refractivity contribution in [1.29, 1.82) is 0 Å². The van der Waals surface area contributed by atoms with Crippen LogP contribution in [0.25, 0.3) is 0 Å². The third-order valence-corrected chi connectivity index (χ3v) is 7.11. The van der Waals surface area contributed by atoms with Crippen LogP contribution in [0.4, 0.5) is 0 Å². The summed E-state index contributed by atoms with van der Waals surface area (Å²) in [6, 6.07) is 43.3. The first-order valence-electron chi connectivity index (χ1n) is 14.2. The highest BCUT2D eigenvalue weighted by atomic mass is 16.5. The van der Waals surface area contributed by atoms with Gasteiger partial charge in [-0.2, -0.15) is 0 Å². The zero-order valence-electron chi connectivity index (χ0n) is 23.8. The number of carbonyl (C=O) groups is 2. The molecule has 0 heterocycles. The van der Waals surface area contributed by atoms with Gasteiger partial charge in [-0.3, -0.25) is 9.59 Å². The summed E-state index contributed by atoms with van der Waals surface area (Å²) in [5.41, 5.74) is 10.3. The Kier molecular flexibility index (Phi) is 9.83. The highest BCUT2D eigenvalue weighted by molar-refractivity contribution is 5.92. The zero-order chi connectivity index (χ0) is 29.9. The topological polar surface area (TPSA) is 90.7 Å². The molecule has 0 saturated carbocycles. The summed E-state index contributed by atoms with van der Waals surface area (Å²) in [6.45, 7) is 0.722. The van der Waals surface area contributed by atoms with Gasteiger partial charge in [0.15, 0.2) is 11.5 Å². The summed E-state index contributed by atoms with van der Waals surface area (Å²) < 4.78 is 12.3. The molecule has 6 nitrogen and oxygen atoms in total. The Morgan fingerprint density at radius 1 is 0.581 bits per heavy atom. The SMILES string of the molecule is NC(=O)[C@@H](Cc1ccc(OCc2ccccc2)c(OCc2ccccc2)c1)NC(=O)C(c1ccccc1)c1ccccc1. The smallest absolute Gasteiger partial charge is 0.240 e. The Morgan fingerprint density at radius 3 is 1.53 bits per heavy atom. The predicted octanol–water partition coefficient (Wildman–Crippen LogP) is 6.19. The van der Waals surface area contributed by atoms with Gasteiger partial charge in [0.25, 0.3) is 0 Å². The molecule has 0 spiro atoms. The number of hydrogen-bond acceptors (Lipinski definition) is 4. The minimum absolute atomic E-state index is 0.192. The van der Waals surface area contributed by atoms with Gasteiger partial charge in [0.05, 0.1) is 5.92 Å². The number of nitrogens with two attached hydrogens (primary N) is 1. The first-order chi connectivity index (χ1) is 21.1. The first kappa shape index (κ1) is 29.1. The van der Waals surface area contributed by atoms with Gasteiger partial charge in [0.2, 0.25) is 11.8 Å². The van der Waals surface area contributed by atoms with Gasteiger partial charge < -0.3 is 20.5 Å². The predicted molar refractivity (Wildman–Crippen MR) is 168 cm³/mol. The molecule has 0 saturated heterocycles. The maximum absolute atomic E-state index is 13.7. The lowest BCUT2D eigenvalue weighted by Gasteiger charge is -2.22. The largest absolute Gasteiger partial charge is 0.485 e. The molecule has 6 heteroatoms. The van der Waals surface area contributed by atoms with Crippen molar-refractivity contribution in [2.45, 2.75) is 31.6 Å². The number of rotatable bonds is 13. The molecule has 0 aliphatic heterocycles. The van der Waals surface area contributed by atoms with Crippen LogP contribution in [0, 0.1) is 0 Å². The molecule has 0 bridgehead atoms. The number of benzene rings is 5. The normalized spacial score (nSPS) is 11.5. The zero-order valence-corrected chi connectivity index (χ0v) is 23.8. The van der Waals surface area contributed by atoms with Gasteiger partial charge in [-0.25, -0.2) is 0 Å². The second kappa shape index (κ2) is 14.5. The molecule has 1 atom stereocenters. The van der Waals surface area contributed by atoms with E-state index in [-0.39, 0.29) is 12.3 Å². The highest BCUT2D eigenvalue weighted by Gasteiger charge is 2.27. The number of carbonyl (C=O) groups excluding carboxylic acids is 2. The van der Waals surface area contributed by atoms with Crippen molar-refractivity contribution in [3.63, 3.8) is 0 Å². The van der Waals surface area contributed by atoms with Crippen molar-refractivity contribution >= 4 is 11.8 Å². The summed E-state index contributed by atoms with van der Waals surface area (Å²) in [5.74, 6) is -0.397. The van der Waals surface area contributed by atoms with E-state index in [1.807, 2.05) is 140 Å². The maximum atomic E-state index is 13.7. The van der Waals surface area contributed by atoms with E-state index in [0.717, 1.165) is 27.8 Å². The Labute approximate surface area is 252 Å². The van der Waals surface area contributed by atoms with Gasteiger partial charge in [-0.15, -0.1) is 0 Å². The van der Waals surface area contributed by atoms with E-state index in [0.29, 0.717) is 24.7 Å². The molecular formula is C37H34N2O4. The molecule has 5 rings (SSSR count). The van der Waals surface area contributed by atoms with Crippen LogP contribution in [-0.4, -0.2) is 17.9 Å². The Balaban J connectivity index is 1.36. The quantitative estimate of drug-likeness (QED) is 0.177. The van der Waals surface area contributed by atoms with E-state index in [2.05, 4.69) is 5.32 Å². The first-order valence-corrected chi connectivity index (χ1v) is 14.2. The van der Waals surface area contributed by atoms with Crippen molar-refractivity contribution in [2.75, 3.05) is 0 Å². The fraction of sp³-hybridized carbons (Fsp3) is 0.135. The average molecular weight is 571 g/mol. The Morgan fingerprint density at radius 2 is 1.05 bits per heavy atom. The highest BCUT2D eigenvalue weighted by Crippen LogP contribution is 2.31. The van der Waals surface area contributed by atoms with Crippen molar-refractivity contribution < 1.29 is 19.1 Å². The van der Waals surface area contributed by atoms with E-state index in [1.165, 1.54) is 0 Å². The van der Waals surface area contributed by atoms with Crippen LogP contribution in [0.3, 0.4) is 0 Å². The summed E-state index contributed by atoms with van der Waals surface area (Å²) >= 11 is 0. The van der Waals surface area contributed by atoms with E-state index in [1.54, 1.807) is 0 Å². The Bertz CT molecular complexity index is 1570. The van der Waals surface area contributed by atoms with E-state index in [4.69, 9.17) is 15.2 Å². The molecule has 0 fully saturated rings. The summed E-state index contributed by atoms with van der Waals surface area (Å²) in [5, 5.41) is 2.92. The van der Waals surface area contributed by atoms with Crippen molar-refractivity contribution in [1.82, 2.24) is 5.32 Å². The summed E-state index contributed by atoms with van der Waals surface area (Å²) in [7, 11) is 0. The molecule has 2 amide bonds. The lowest BCUT2D eigenvalue weighted by atomic mass is 9.90. The van der Waals surface area contributed by atoms with E-state index in [9.17, 15) is 9.59 Å². The van der Waals surface area contributed by atoms with Crippen molar-refractivity contribution in [3.05, 3.63) is 167 Å². The molecule has 0 radical (unpaired) electrons. The molecule has 5 aromatic carbocycles. The molecule has 43 heavy (non-hydrogen) atoms. The number of hydrogen-bond donors (Lipinski definition) is 2. The number of ether oxygens (including phenoxy) is 2. The molecule has 0 aliphatic rings. The molecular weight excluding hydrogens is 536 g/mol. The van der Waals surface area contributed by atoms with Crippen LogP contribution in [-0.2, 0) is 29.2 Å². The van der Waals surface area contributed by atoms with Gasteiger partial charge in [0.1, 0.15) is 19.3 Å². The van der Waals surface area contributed by atoms with Crippen LogP contribution in [0.15, 0.2) is 140 Å². The molecule has 0 aliphatic carbocycles. The Hall–Kier alpha value is -5.36. The molecule has 3 N–H and O–H groups in total. The van der Waals surface area contributed by atoms with Crippen LogP contribution in [0.5, 0.6) is 11.5 Å². The molecule has 216 valence electrons. The summed E-state index contributed by atoms with van der Waals surface area (Å²) in [4.78, 5) is 26.3. The van der Waals surface area contributed by atoms with Crippen LogP contribution >= 0.6 is 0 Å². The molecule has 5 aromatic rings. The number of nitrogens with one attached hydrogen (secondary N) is 1. The minimum atomic E-state index is -0.930. The van der Waals surface area contributed by atoms with Gasteiger partial charge in [-0.05, 0) is 39.9 Å². The maximum Gasteiger partial charge on any atom is 0.240 e. The standard InChI is InChI=1S/C37H34N2O4/c38-36(40)32(39-37(41)35(30-17-9-3-10-18-30)31-19-11-4-12-20-31)23-29-21-22-33(42-25-27-13-5-1-6-14-27)34(24-29)43-26-28-15-7-2-8-16-28/h1-22,24,32,35H,23,25-26H2,(H2,38,40)(H,39,41)/t32-/m1/s1. The van der Waals surface area contributed by atoms with Crippen molar-refractivity contribution in [2.24, 2.45) is 5.73 Å². The van der Waals surface area contributed by atoms with Crippen molar-refractivity contribution in [3.8, 4) is 11.5 Å². The van der Waals surface area contributed by atoms with Crippen LogP contribution in [0.2, 0.25) is 0 Å². The fourth-order valence-corrected chi connectivity index (χ4v) is 4.88. The third-order valence-electron chi connectivity index (χ3n) is 7.11. The van der Waals surface area contributed by atoms with Gasteiger partial charge in [-0.1, -0.05) is 127 Å². The lowest BCUT2D eigenvalue weighted by molar-refractivity contribution is -0.127.